The van der Waals surface area contributed by atoms with Gasteiger partial charge in [-0.2, -0.15) is 0 Å². The van der Waals surface area contributed by atoms with Crippen LogP contribution in [0.2, 0.25) is 0 Å². The van der Waals surface area contributed by atoms with Crippen molar-refractivity contribution in [2.75, 3.05) is 6.54 Å². The molecule has 7 rings (SSSR count). The zero-order chi connectivity index (χ0) is 50.0. The van der Waals surface area contributed by atoms with Gasteiger partial charge in [0.15, 0.2) is 23.5 Å². The normalized spacial score (nSPS) is 16.6. The summed E-state index contributed by atoms with van der Waals surface area (Å²) >= 11 is 0. The largest absolute Gasteiger partial charge is 0.468 e. The predicted octanol–water partition coefficient (Wildman–Crippen LogP) is 8.04. The SMILES string of the molecule is NC(=NC(=O)OCc1ccccc1)N(CCCCCC(=O)[C@@](N)(CC1CCCCC1)C(=O)N[C@@H]1C(=O)N[C@@H]1Oc1cccc(C(=O)OC(c2ccccc2)c2ccccc2)c1)C(=O)OCc1ccccc1. The summed E-state index contributed by atoms with van der Waals surface area (Å²) in [5.41, 5.74) is 14.4. The van der Waals surface area contributed by atoms with E-state index in [9.17, 15) is 28.8 Å². The van der Waals surface area contributed by atoms with Crippen LogP contribution in [-0.2, 0) is 41.8 Å². The first kappa shape index (κ1) is 51.0. The lowest BCUT2D eigenvalue weighted by molar-refractivity contribution is -0.147. The molecule has 5 aromatic rings. The van der Waals surface area contributed by atoms with Crippen LogP contribution in [0, 0.1) is 5.92 Å². The van der Waals surface area contributed by atoms with E-state index >= 15 is 0 Å². The summed E-state index contributed by atoms with van der Waals surface area (Å²) in [7, 11) is 0. The molecule has 2 fully saturated rings. The maximum atomic E-state index is 14.2. The number of hydrogen-bond donors (Lipinski definition) is 4. The molecule has 2 aliphatic rings. The van der Waals surface area contributed by atoms with E-state index in [1.807, 2.05) is 84.9 Å². The minimum atomic E-state index is -1.95. The summed E-state index contributed by atoms with van der Waals surface area (Å²) in [5.74, 6) is -2.57. The molecule has 370 valence electrons. The number of guanidine groups is 1. The number of esters is 1. The maximum absolute atomic E-state index is 14.2. The van der Waals surface area contributed by atoms with E-state index in [2.05, 4.69) is 15.6 Å². The van der Waals surface area contributed by atoms with Crippen LogP contribution in [-0.4, -0.2) is 71.0 Å². The summed E-state index contributed by atoms with van der Waals surface area (Å²) in [6.45, 7) is -0.112. The highest BCUT2D eigenvalue weighted by molar-refractivity contribution is 6.11. The highest BCUT2D eigenvalue weighted by Crippen LogP contribution is 2.32. The molecule has 1 aliphatic heterocycles. The summed E-state index contributed by atoms with van der Waals surface area (Å²) in [5, 5.41) is 5.36. The summed E-state index contributed by atoms with van der Waals surface area (Å²) in [6.07, 6.45) is 2.08. The minimum absolute atomic E-state index is 0.0103. The Morgan fingerprint density at radius 1 is 0.732 bits per heavy atom. The van der Waals surface area contributed by atoms with Crippen LogP contribution in [0.3, 0.4) is 0 Å². The van der Waals surface area contributed by atoms with Gasteiger partial charge in [0.05, 0.1) is 5.56 Å². The van der Waals surface area contributed by atoms with Crippen LogP contribution in [0.15, 0.2) is 151 Å². The molecule has 5 aromatic carbocycles. The summed E-state index contributed by atoms with van der Waals surface area (Å²) < 4.78 is 22.9. The van der Waals surface area contributed by atoms with E-state index in [1.165, 1.54) is 6.07 Å². The second kappa shape index (κ2) is 25.1. The van der Waals surface area contributed by atoms with Gasteiger partial charge in [-0.1, -0.05) is 166 Å². The number of nitrogens with zero attached hydrogens (tertiary/aromatic N) is 2. The maximum Gasteiger partial charge on any atom is 0.437 e. The summed E-state index contributed by atoms with van der Waals surface area (Å²) in [4.78, 5) is 85.8. The molecule has 71 heavy (non-hydrogen) atoms. The number of hydrogen-bond acceptors (Lipinski definition) is 11. The highest BCUT2D eigenvalue weighted by atomic mass is 16.6. The van der Waals surface area contributed by atoms with E-state index in [0.717, 1.165) is 59.3 Å². The lowest BCUT2D eigenvalue weighted by atomic mass is 9.76. The number of unbranched alkanes of at least 4 members (excludes halogenated alkanes) is 2. The number of ketones is 1. The van der Waals surface area contributed by atoms with Crippen LogP contribution in [0.1, 0.15) is 103 Å². The Morgan fingerprint density at radius 3 is 1.93 bits per heavy atom. The van der Waals surface area contributed by atoms with E-state index in [1.54, 1.807) is 54.6 Å². The number of ether oxygens (including phenoxy) is 4. The van der Waals surface area contributed by atoms with Gasteiger partial charge in [-0.05, 0) is 65.6 Å². The molecule has 0 radical (unpaired) electrons. The van der Waals surface area contributed by atoms with Crippen LogP contribution in [0.25, 0.3) is 0 Å². The lowest BCUT2D eigenvalue weighted by Gasteiger charge is -2.39. The fourth-order valence-corrected chi connectivity index (χ4v) is 8.60. The molecule has 6 N–H and O–H groups in total. The van der Waals surface area contributed by atoms with Crippen molar-refractivity contribution in [1.29, 1.82) is 0 Å². The number of aliphatic imine (C=N–C) groups is 1. The Labute approximate surface area is 413 Å². The first-order valence-electron chi connectivity index (χ1n) is 24.0. The number of rotatable bonds is 21. The Hall–Kier alpha value is -7.85. The van der Waals surface area contributed by atoms with Gasteiger partial charge in [-0.3, -0.25) is 14.4 Å². The van der Waals surface area contributed by atoms with Crippen molar-refractivity contribution in [3.8, 4) is 5.75 Å². The van der Waals surface area contributed by atoms with Crippen molar-refractivity contribution < 1.29 is 47.7 Å². The predicted molar refractivity (Wildman–Crippen MR) is 264 cm³/mol. The molecule has 16 nitrogen and oxygen atoms in total. The molecule has 1 saturated heterocycles. The van der Waals surface area contributed by atoms with Gasteiger partial charge in [-0.15, -0.1) is 4.99 Å². The Balaban J connectivity index is 0.962. The van der Waals surface area contributed by atoms with Gasteiger partial charge >= 0.3 is 18.2 Å². The second-order valence-electron chi connectivity index (χ2n) is 17.7. The van der Waals surface area contributed by atoms with Gasteiger partial charge in [-0.25, -0.2) is 19.3 Å². The van der Waals surface area contributed by atoms with E-state index < -0.39 is 65.6 Å². The molecule has 16 heteroatoms. The minimum Gasteiger partial charge on any atom is -0.468 e. The molecule has 0 aromatic heterocycles. The Morgan fingerprint density at radius 2 is 1.32 bits per heavy atom. The zero-order valence-corrected chi connectivity index (χ0v) is 39.5. The van der Waals surface area contributed by atoms with Crippen LogP contribution in [0.4, 0.5) is 9.59 Å². The molecule has 1 aliphatic carbocycles. The molecule has 3 atom stereocenters. The number of nitrogens with one attached hydrogen (secondary N) is 2. The van der Waals surface area contributed by atoms with Gasteiger partial charge in [0.25, 0.3) is 5.91 Å². The monoisotopic (exact) mass is 964 g/mol. The molecular formula is C55H60N6O10. The first-order chi connectivity index (χ1) is 34.5. The quantitative estimate of drug-likeness (QED) is 0.0104. The van der Waals surface area contributed by atoms with Crippen molar-refractivity contribution in [3.05, 3.63) is 173 Å². The van der Waals surface area contributed by atoms with E-state index in [4.69, 9.17) is 30.4 Å². The third kappa shape index (κ3) is 14.4. The molecule has 0 unspecified atom stereocenters. The van der Waals surface area contributed by atoms with Gasteiger partial charge in [0.2, 0.25) is 18.1 Å². The van der Waals surface area contributed by atoms with Crippen molar-refractivity contribution in [1.82, 2.24) is 15.5 Å². The van der Waals surface area contributed by atoms with Crippen molar-refractivity contribution in [2.45, 2.75) is 101 Å². The zero-order valence-electron chi connectivity index (χ0n) is 39.5. The number of carbonyl (C=O) groups is 6. The van der Waals surface area contributed by atoms with Gasteiger partial charge in [0.1, 0.15) is 19.0 Å². The van der Waals surface area contributed by atoms with Crippen LogP contribution < -0.4 is 26.8 Å². The second-order valence-corrected chi connectivity index (χ2v) is 17.7. The van der Waals surface area contributed by atoms with E-state index in [-0.39, 0.29) is 49.8 Å². The number of carbonyl (C=O) groups excluding carboxylic acids is 6. The topological polar surface area (TPSA) is 231 Å². The number of benzene rings is 5. The molecule has 1 saturated carbocycles. The molecule has 4 amide bonds. The first-order valence-corrected chi connectivity index (χ1v) is 24.0. The van der Waals surface area contributed by atoms with Crippen molar-refractivity contribution in [2.24, 2.45) is 22.4 Å². The fraction of sp³-hybridized carbons (Fsp3) is 0.327. The molecule has 1 heterocycles. The Kier molecular flexibility index (Phi) is 18.1. The Bertz CT molecular complexity index is 2570. The average Bonchev–Trinajstić information content (AvgIpc) is 3.40. The smallest absolute Gasteiger partial charge is 0.437 e. The molecule has 0 bridgehead atoms. The average molecular weight is 965 g/mol. The van der Waals surface area contributed by atoms with Gasteiger partial charge in [0, 0.05) is 13.0 Å². The van der Waals surface area contributed by atoms with Crippen LogP contribution in [0.5, 0.6) is 5.75 Å². The van der Waals surface area contributed by atoms with Crippen molar-refractivity contribution in [3.63, 3.8) is 0 Å². The standard InChI is InChI=1S/C55H60N6O10/c56-52(60-53(66)68-36-39-22-9-2-10-23-39)61(54(67)69-37-40-24-11-3-12-25-40)33-18-6-17-32-45(62)55(57,35-38-20-7-1-8-21-38)51(65)58-46-48(63)59-49(46)70-44-31-19-30-43(34-44)50(64)71-47(41-26-13-4-14-27-41)42-28-15-5-16-29-42/h2-5,9-16,19,22-31,34,38,46-47,49H,1,6-8,17-18,20-21,32-33,35-37,57H2,(H,58,65)(H,59,63)(H2,56,60,66)/t46-,49-,55+/m1/s1. The summed E-state index contributed by atoms with van der Waals surface area (Å²) in [6, 6.07) is 42.0. The number of nitrogens with two attached hydrogens (primary N) is 2. The lowest BCUT2D eigenvalue weighted by Crippen LogP contribution is -2.74. The van der Waals surface area contributed by atoms with Gasteiger partial charge < -0.3 is 41.0 Å². The number of β-lactam (4-membered cyclic amide) rings is 1. The van der Waals surface area contributed by atoms with E-state index in [0.29, 0.717) is 19.3 Å². The fourth-order valence-electron chi connectivity index (χ4n) is 8.60. The highest BCUT2D eigenvalue weighted by Gasteiger charge is 2.49. The molecular weight excluding hydrogens is 905 g/mol. The number of Topliss-reactive ketones (excluding diaryl/α,β-unsaturated/α-hetero) is 1. The van der Waals surface area contributed by atoms with Crippen molar-refractivity contribution >= 4 is 41.7 Å². The van der Waals surface area contributed by atoms with Crippen LogP contribution >= 0.6 is 0 Å². The third-order valence-electron chi connectivity index (χ3n) is 12.6. The molecule has 0 spiro atoms. The third-order valence-corrected chi connectivity index (χ3v) is 12.6. The number of amides is 4.